The molecule has 0 saturated carbocycles. The van der Waals surface area contributed by atoms with Crippen molar-refractivity contribution < 1.29 is 65.2 Å². The maximum absolute atomic E-state index is 12.5. The number of carbonyl (C=O) groups is 2. The van der Waals surface area contributed by atoms with E-state index in [-0.39, 0.29) is 35.6 Å². The number of amides is 2. The number of nitrogens with zero attached hydrogens (tertiary/aromatic N) is 1. The minimum absolute atomic E-state index is 0. The Morgan fingerprint density at radius 1 is 0.632 bits per heavy atom. The van der Waals surface area contributed by atoms with Crippen LogP contribution < -0.4 is 31.6 Å². The quantitative estimate of drug-likeness (QED) is 0.0328. The lowest BCUT2D eigenvalue weighted by atomic mass is 10.00. The van der Waals surface area contributed by atoms with Crippen LogP contribution >= 0.6 is 12.4 Å². The van der Waals surface area contributed by atoms with Crippen molar-refractivity contribution >= 4 is 41.4 Å². The number of hydrogen-bond acceptors (Lipinski definition) is 11. The molecule has 0 aliphatic rings. The molecule has 2 atom stereocenters. The number of halogens is 7. The van der Waals surface area contributed by atoms with Gasteiger partial charge in [0.15, 0.2) is 18.0 Å². The molecular weight excluding hydrogens is 930 g/mol. The Kier molecular flexibility index (Phi) is 18.2. The first-order valence-electron chi connectivity index (χ1n) is 19.3. The number of rotatable bonds is 12. The molecule has 22 heteroatoms. The molecule has 356 valence electrons. The number of carbonyl (C=O) groups excluding carboxylic acids is 2. The van der Waals surface area contributed by atoms with Gasteiger partial charge >= 0.3 is 18.5 Å². The average molecular weight is 969 g/mol. The van der Waals surface area contributed by atoms with E-state index in [0.717, 1.165) is 7.11 Å². The van der Waals surface area contributed by atoms with Crippen molar-refractivity contribution in [2.24, 2.45) is 5.73 Å². The number of aliphatic hydroxyl groups excluding tert-OH is 3. The van der Waals surface area contributed by atoms with Crippen LogP contribution in [-0.4, -0.2) is 62.9 Å². The predicted octanol–water partition coefficient (Wildman–Crippen LogP) is 8.51. The summed E-state index contributed by atoms with van der Waals surface area (Å²) in [4.78, 5) is 38.4. The van der Waals surface area contributed by atoms with Crippen LogP contribution in [0.5, 0.6) is 11.5 Å². The first kappa shape index (κ1) is 52.6. The number of aromatic nitrogens is 2. The van der Waals surface area contributed by atoms with Crippen LogP contribution in [0.1, 0.15) is 28.9 Å². The minimum atomic E-state index is -4.78. The fraction of sp³-hybridized carbons (Fsp3) is 0.109. The summed E-state index contributed by atoms with van der Waals surface area (Å²) in [5, 5.41) is 44.0. The van der Waals surface area contributed by atoms with Gasteiger partial charge in [0.2, 0.25) is 0 Å². The fourth-order valence-corrected chi connectivity index (χ4v) is 6.00. The highest BCUT2D eigenvalue weighted by atomic mass is 35.5. The van der Waals surface area contributed by atoms with E-state index >= 15 is 0 Å². The van der Waals surface area contributed by atoms with Gasteiger partial charge in [0.25, 0.3) is 11.8 Å². The zero-order valence-corrected chi connectivity index (χ0v) is 35.8. The molecule has 0 radical (unpaired) electrons. The number of amidine groups is 1. The van der Waals surface area contributed by atoms with Gasteiger partial charge in [-0.1, -0.05) is 65.8 Å². The Labute approximate surface area is 387 Å². The van der Waals surface area contributed by atoms with E-state index in [4.69, 9.17) is 16.2 Å². The topological polar surface area (TPSA) is 246 Å². The third kappa shape index (κ3) is 15.3. The Morgan fingerprint density at radius 2 is 1.01 bits per heavy atom. The number of aromatic amines is 1. The maximum Gasteiger partial charge on any atom is 0.573 e. The maximum atomic E-state index is 12.5. The summed E-state index contributed by atoms with van der Waals surface area (Å²) in [6, 6.07) is 36.0. The smallest absolute Gasteiger partial charge is 0.406 e. The molecule has 2 unspecified atom stereocenters. The number of nitrogen functional groups attached to an aromatic ring is 1. The molecule has 0 spiro atoms. The van der Waals surface area contributed by atoms with E-state index in [0.29, 0.717) is 55.9 Å². The summed E-state index contributed by atoms with van der Waals surface area (Å²) < 4.78 is 86.0. The molecule has 15 nitrogen and oxygen atoms in total. The fourth-order valence-electron chi connectivity index (χ4n) is 6.00. The van der Waals surface area contributed by atoms with Crippen molar-refractivity contribution in [1.29, 1.82) is 5.41 Å². The molecule has 7 aromatic rings. The Bertz CT molecular complexity index is 2820. The summed E-state index contributed by atoms with van der Waals surface area (Å²) in [7, 11) is 1.00. The van der Waals surface area contributed by atoms with Crippen molar-refractivity contribution in [3.05, 3.63) is 173 Å². The summed E-state index contributed by atoms with van der Waals surface area (Å²) in [5.41, 5.74) is 10.2. The second-order valence-electron chi connectivity index (χ2n) is 13.7. The zero-order valence-electron chi connectivity index (χ0n) is 35.0. The van der Waals surface area contributed by atoms with Crippen LogP contribution in [0.4, 0.5) is 37.7 Å². The Balaban J connectivity index is 0.000000283. The van der Waals surface area contributed by atoms with E-state index in [1.165, 1.54) is 48.5 Å². The molecule has 6 aromatic carbocycles. The van der Waals surface area contributed by atoms with E-state index in [1.807, 2.05) is 0 Å². The number of nitrogens with one attached hydrogen (secondary N) is 4. The summed E-state index contributed by atoms with van der Waals surface area (Å²) in [6.07, 6.45) is -12.5. The van der Waals surface area contributed by atoms with Gasteiger partial charge in [-0.15, -0.1) is 38.7 Å². The Morgan fingerprint density at radius 3 is 1.37 bits per heavy atom. The number of ether oxygens (including phenoxy) is 2. The van der Waals surface area contributed by atoms with Crippen LogP contribution in [0.3, 0.4) is 0 Å². The van der Waals surface area contributed by atoms with Crippen molar-refractivity contribution in [2.45, 2.75) is 24.9 Å². The van der Waals surface area contributed by atoms with Gasteiger partial charge in [-0.2, -0.15) is 0 Å². The second kappa shape index (κ2) is 23.5. The van der Waals surface area contributed by atoms with E-state index < -0.39 is 42.5 Å². The number of hydrogen-bond donors (Lipinski definition) is 8. The van der Waals surface area contributed by atoms with Crippen LogP contribution in [0.25, 0.3) is 33.6 Å². The first-order chi connectivity index (χ1) is 31.8. The van der Waals surface area contributed by atoms with Gasteiger partial charge in [-0.05, 0) is 118 Å². The highest BCUT2D eigenvalue weighted by Gasteiger charge is 2.32. The molecule has 9 N–H and O–H groups in total. The molecule has 2 amide bonds. The molecule has 0 aliphatic carbocycles. The highest BCUT2D eigenvalue weighted by molar-refractivity contribution is 5.98. The molecule has 1 heterocycles. The largest absolute Gasteiger partial charge is 0.573 e. The van der Waals surface area contributed by atoms with Gasteiger partial charge in [0, 0.05) is 29.6 Å². The lowest BCUT2D eigenvalue weighted by molar-refractivity contribution is -0.275. The summed E-state index contributed by atoms with van der Waals surface area (Å²) in [5.74, 6) is -2.61. The number of nitrogens with two attached hydrogens (primary N) is 1. The third-order valence-corrected chi connectivity index (χ3v) is 9.07. The van der Waals surface area contributed by atoms with Crippen molar-refractivity contribution in [3.63, 3.8) is 0 Å². The average Bonchev–Trinajstić information content (AvgIpc) is 3.75. The van der Waals surface area contributed by atoms with Gasteiger partial charge in [0.1, 0.15) is 17.3 Å². The van der Waals surface area contributed by atoms with Crippen LogP contribution in [0.15, 0.2) is 155 Å². The SMILES string of the molecule is CO.Cl.N=C(N)c1ccc(NC(=O)C(O)c2cccc(-c3ccc(OC(F)(F)F)cc3)c2)cc1.O=C(Nc1ccc(-c2noc(=O)[nH]2)cc1)C(O)c1cccc(-c2ccc(OC(F)(F)F)cc2)c1. The second-order valence-corrected chi connectivity index (χ2v) is 13.7. The van der Waals surface area contributed by atoms with Gasteiger partial charge < -0.3 is 41.2 Å². The summed E-state index contributed by atoms with van der Waals surface area (Å²) in [6.45, 7) is 0. The zero-order chi connectivity index (χ0) is 48.9. The molecular formula is C46H39ClF6N6O9. The predicted molar refractivity (Wildman–Crippen MR) is 240 cm³/mol. The minimum Gasteiger partial charge on any atom is -0.406 e. The van der Waals surface area contributed by atoms with Gasteiger partial charge in [-0.25, -0.2) is 4.79 Å². The monoisotopic (exact) mass is 968 g/mol. The van der Waals surface area contributed by atoms with Crippen LogP contribution in [0.2, 0.25) is 0 Å². The van der Waals surface area contributed by atoms with Crippen molar-refractivity contribution in [3.8, 4) is 45.1 Å². The van der Waals surface area contributed by atoms with Gasteiger partial charge in [-0.3, -0.25) is 24.5 Å². The standard InChI is InChI=1S/C23H16F3N3O5.C22H18F3N3O3.CH4O.ClH/c24-23(25,26)33-18-10-6-13(7-11-18)15-2-1-3-16(12-15)19(30)21(31)27-17-8-4-14(5-9-17)20-28-22(32)34-29-20;23-22(24,25)31-18-10-6-13(7-11-18)15-2-1-3-16(12-15)19(29)21(30)28-17-8-4-14(5-9-17)20(26)27;1-2;/h1-12,19,30H,(H,27,31)(H,28,29,32);1-12,19,29H,(H3,26,27)(H,28,30);2H,1H3;1H. The number of anilines is 2. The van der Waals surface area contributed by atoms with E-state index in [2.05, 4.69) is 34.8 Å². The molecule has 0 bridgehead atoms. The van der Waals surface area contributed by atoms with Crippen molar-refractivity contribution in [1.82, 2.24) is 10.1 Å². The number of benzene rings is 6. The molecule has 0 aliphatic heterocycles. The van der Waals surface area contributed by atoms with E-state index in [1.54, 1.807) is 97.1 Å². The normalized spacial score (nSPS) is 11.7. The molecule has 7 rings (SSSR count). The van der Waals surface area contributed by atoms with Gasteiger partial charge in [0.05, 0.1) is 0 Å². The third-order valence-electron chi connectivity index (χ3n) is 9.07. The summed E-state index contributed by atoms with van der Waals surface area (Å²) >= 11 is 0. The molecule has 1 aromatic heterocycles. The van der Waals surface area contributed by atoms with Crippen LogP contribution in [0, 0.1) is 5.41 Å². The lowest BCUT2D eigenvalue weighted by Gasteiger charge is -2.14. The Hall–Kier alpha value is -7.98. The lowest BCUT2D eigenvalue weighted by Crippen LogP contribution is -2.21. The van der Waals surface area contributed by atoms with Crippen molar-refractivity contribution in [2.75, 3.05) is 17.7 Å². The molecule has 0 saturated heterocycles. The first-order valence-corrected chi connectivity index (χ1v) is 19.3. The molecule has 0 fully saturated rings. The van der Waals surface area contributed by atoms with E-state index in [9.17, 15) is 50.9 Å². The number of H-pyrrole nitrogens is 1. The molecule has 68 heavy (non-hydrogen) atoms. The number of alkyl halides is 6. The highest BCUT2D eigenvalue weighted by Crippen LogP contribution is 2.30. The van der Waals surface area contributed by atoms with Crippen LogP contribution in [-0.2, 0) is 9.59 Å². The number of aliphatic hydroxyl groups is 3.